The van der Waals surface area contributed by atoms with Gasteiger partial charge in [0, 0.05) is 25.1 Å². The molecule has 1 aliphatic rings. The van der Waals surface area contributed by atoms with E-state index in [1.165, 1.54) is 51.9 Å². The van der Waals surface area contributed by atoms with Crippen LogP contribution in [0.5, 0.6) is 0 Å². The van der Waals surface area contributed by atoms with Crippen LogP contribution >= 0.6 is 11.3 Å². The Labute approximate surface area is 212 Å². The molecule has 1 atom stereocenters. The molecule has 8 nitrogen and oxygen atoms in total. The Kier molecular flexibility index (Phi) is 9.09. The summed E-state index contributed by atoms with van der Waals surface area (Å²) in [5.41, 5.74) is 1.70. The minimum absolute atomic E-state index is 0.158. The van der Waals surface area contributed by atoms with Crippen LogP contribution in [0.15, 0.2) is 29.2 Å². The molecule has 3 rings (SSSR count). The summed E-state index contributed by atoms with van der Waals surface area (Å²) in [5, 5.41) is 3.35. The van der Waals surface area contributed by atoms with Crippen molar-refractivity contribution < 1.29 is 27.6 Å². The van der Waals surface area contributed by atoms with Crippen LogP contribution in [-0.4, -0.2) is 57.4 Å². The van der Waals surface area contributed by atoms with Crippen LogP contribution in [0.25, 0.3) is 0 Å². The highest BCUT2D eigenvalue weighted by atomic mass is 32.2. The van der Waals surface area contributed by atoms with Gasteiger partial charge in [-0.25, -0.2) is 13.2 Å². The molecule has 192 valence electrons. The number of hydrogen-bond donors (Lipinski definition) is 2. The highest BCUT2D eigenvalue weighted by Crippen LogP contribution is 2.35. The summed E-state index contributed by atoms with van der Waals surface area (Å²) in [5.74, 6) is -0.858. The molecule has 2 N–H and O–H groups in total. The molecule has 0 bridgehead atoms. The molecule has 0 radical (unpaired) electrons. The summed E-state index contributed by atoms with van der Waals surface area (Å²) in [6.07, 6.45) is 2.44. The fourth-order valence-electron chi connectivity index (χ4n) is 4.28. The number of benzene rings is 1. The Morgan fingerprint density at radius 1 is 1.20 bits per heavy atom. The summed E-state index contributed by atoms with van der Waals surface area (Å²) in [6, 6.07) is 6.40. The molecule has 1 aromatic carbocycles. The fraction of sp³-hybridized carbons (Fsp3) is 0.520. The third kappa shape index (κ3) is 5.94. The molecule has 0 spiro atoms. The predicted octanol–water partition coefficient (Wildman–Crippen LogP) is 2.95. The molecule has 1 aliphatic heterocycles. The minimum atomic E-state index is -3.62. The van der Waals surface area contributed by atoms with E-state index in [0.29, 0.717) is 35.3 Å². The van der Waals surface area contributed by atoms with Gasteiger partial charge in [-0.2, -0.15) is 4.31 Å². The van der Waals surface area contributed by atoms with E-state index >= 15 is 0 Å². The number of unbranched alkanes of at least 4 members (excludes halogenated alkanes) is 1. The van der Waals surface area contributed by atoms with Gasteiger partial charge >= 0.3 is 5.97 Å². The smallest absolute Gasteiger partial charge is 0.341 e. The number of methoxy groups -OCH3 is 1. The van der Waals surface area contributed by atoms with Gasteiger partial charge in [0.25, 0.3) is 5.91 Å². The van der Waals surface area contributed by atoms with Gasteiger partial charge in [0.15, 0.2) is 0 Å². The maximum Gasteiger partial charge on any atom is 0.341 e. The van der Waals surface area contributed by atoms with Crippen molar-refractivity contribution in [2.75, 3.05) is 32.1 Å². The second-order valence-electron chi connectivity index (χ2n) is 9.02. The zero-order valence-electron chi connectivity index (χ0n) is 21.1. The first-order valence-corrected chi connectivity index (χ1v) is 14.4. The van der Waals surface area contributed by atoms with Gasteiger partial charge in [-0.05, 0) is 50.1 Å². The normalized spacial score (nSPS) is 15.8. The predicted molar refractivity (Wildman–Crippen MR) is 138 cm³/mol. The molecule has 1 amide bonds. The number of amides is 1. The van der Waals surface area contributed by atoms with E-state index in [2.05, 4.69) is 19.2 Å². The van der Waals surface area contributed by atoms with Crippen LogP contribution in [0.3, 0.4) is 0 Å². The lowest BCUT2D eigenvalue weighted by Crippen LogP contribution is -3.14. The van der Waals surface area contributed by atoms with Crippen molar-refractivity contribution in [2.45, 2.75) is 64.4 Å². The first-order chi connectivity index (χ1) is 16.6. The van der Waals surface area contributed by atoms with Gasteiger partial charge in [-0.1, -0.05) is 20.3 Å². The number of hydrogen-bond acceptors (Lipinski definition) is 6. The molecule has 1 unspecified atom stereocenters. The van der Waals surface area contributed by atoms with Crippen LogP contribution in [0, 0.1) is 0 Å². The summed E-state index contributed by atoms with van der Waals surface area (Å²) in [7, 11) is -2.28. The molecule has 1 aromatic heterocycles. The Morgan fingerprint density at radius 2 is 1.89 bits per heavy atom. The van der Waals surface area contributed by atoms with Crippen LogP contribution in [0.4, 0.5) is 5.00 Å². The minimum Gasteiger partial charge on any atom is -0.465 e. The number of ether oxygens (including phenoxy) is 1. The van der Waals surface area contributed by atoms with E-state index in [9.17, 15) is 18.0 Å². The van der Waals surface area contributed by atoms with Crippen molar-refractivity contribution in [1.29, 1.82) is 0 Å². The van der Waals surface area contributed by atoms with Crippen molar-refractivity contribution in [1.82, 2.24) is 4.31 Å². The van der Waals surface area contributed by atoms with Gasteiger partial charge in [-0.15, -0.1) is 11.3 Å². The lowest BCUT2D eigenvalue weighted by atomic mass is 10.0. The quantitative estimate of drug-likeness (QED) is 0.468. The second-order valence-corrected chi connectivity index (χ2v) is 12.1. The van der Waals surface area contributed by atoms with Gasteiger partial charge in [-0.3, -0.25) is 4.79 Å². The van der Waals surface area contributed by atoms with E-state index in [-0.39, 0.29) is 4.90 Å². The van der Waals surface area contributed by atoms with E-state index in [1.54, 1.807) is 0 Å². The average Bonchev–Trinajstić information content (AvgIpc) is 3.20. The van der Waals surface area contributed by atoms with Gasteiger partial charge in [0.05, 0.1) is 35.0 Å². The van der Waals surface area contributed by atoms with Gasteiger partial charge in [0.2, 0.25) is 10.0 Å². The average molecular weight is 523 g/mol. The fourth-order valence-corrected chi connectivity index (χ4v) is 7.05. The number of thiophene rings is 1. The number of rotatable bonds is 10. The first-order valence-electron chi connectivity index (χ1n) is 12.1. The monoisotopic (exact) mass is 522 g/mol. The molecule has 2 heterocycles. The Balaban J connectivity index is 1.83. The molecular formula is C25H36N3O5S2+. The van der Waals surface area contributed by atoms with E-state index in [1.807, 2.05) is 13.8 Å². The number of carbonyl (C=O) groups excluding carboxylic acids is 2. The largest absolute Gasteiger partial charge is 0.465 e. The van der Waals surface area contributed by atoms with Crippen LogP contribution < -0.4 is 10.2 Å². The molecule has 0 aliphatic carbocycles. The Hall–Kier alpha value is -2.27. The third-order valence-corrected chi connectivity index (χ3v) is 9.61. The van der Waals surface area contributed by atoms with E-state index < -0.39 is 21.9 Å². The Morgan fingerprint density at radius 3 is 2.46 bits per heavy atom. The number of esters is 1. The standard InChI is InChI=1S/C25H35N3O5S2/c1-6-8-14-28(7-2)35(31,32)19-11-9-18(10-12-19)23(29)26-24-22(25(30)33-5)20-13-15-27(17(3)4)16-21(20)34-24/h9-12,17H,6-8,13-16H2,1-5H3,(H,26,29)/p+1. The van der Waals surface area contributed by atoms with Gasteiger partial charge in [0.1, 0.15) is 11.5 Å². The van der Waals surface area contributed by atoms with E-state index in [4.69, 9.17) is 4.74 Å². The molecule has 0 fully saturated rings. The summed E-state index contributed by atoms with van der Waals surface area (Å²) < 4.78 is 32.4. The second kappa shape index (κ2) is 11.6. The van der Waals surface area contributed by atoms with E-state index in [0.717, 1.165) is 42.8 Å². The number of nitrogens with one attached hydrogen (secondary N) is 2. The lowest BCUT2D eigenvalue weighted by Gasteiger charge is -2.27. The number of fused-ring (bicyclic) bond motifs is 1. The number of carbonyl (C=O) groups is 2. The molecule has 0 saturated heterocycles. The molecule has 10 heteroatoms. The maximum atomic E-state index is 13.0. The summed E-state index contributed by atoms with van der Waals surface area (Å²) >= 11 is 1.42. The first kappa shape index (κ1) is 27.3. The zero-order chi connectivity index (χ0) is 25.8. The number of quaternary nitrogens is 1. The van der Waals surface area contributed by atoms with Crippen LogP contribution in [0.1, 0.15) is 71.7 Å². The SMILES string of the molecule is CCCCN(CC)S(=O)(=O)c1ccc(C(=O)Nc2sc3c(c2C(=O)OC)CC[NH+](C(C)C)C3)cc1. The highest BCUT2D eigenvalue weighted by molar-refractivity contribution is 7.89. The van der Waals surface area contributed by atoms with Gasteiger partial charge < -0.3 is 15.0 Å². The maximum absolute atomic E-state index is 13.0. The van der Waals surface area contributed by atoms with Crippen LogP contribution in [0.2, 0.25) is 0 Å². The summed E-state index contributed by atoms with van der Waals surface area (Å²) in [4.78, 5) is 28.3. The molecule has 35 heavy (non-hydrogen) atoms. The van der Waals surface area contributed by atoms with Crippen LogP contribution in [-0.2, 0) is 27.7 Å². The van der Waals surface area contributed by atoms with Crippen molar-refractivity contribution >= 4 is 38.2 Å². The molecule has 0 saturated carbocycles. The highest BCUT2D eigenvalue weighted by Gasteiger charge is 2.32. The zero-order valence-corrected chi connectivity index (χ0v) is 22.8. The number of anilines is 1. The molecule has 2 aromatic rings. The Bertz CT molecular complexity index is 1160. The van der Waals surface area contributed by atoms with Crippen molar-refractivity contribution in [3.8, 4) is 0 Å². The van der Waals surface area contributed by atoms with Crippen molar-refractivity contribution in [2.24, 2.45) is 0 Å². The number of nitrogens with zero attached hydrogens (tertiary/aromatic N) is 1. The molecular weight excluding hydrogens is 486 g/mol. The third-order valence-electron chi connectivity index (χ3n) is 6.48. The summed E-state index contributed by atoms with van der Waals surface area (Å²) in [6.45, 7) is 10.8. The van der Waals surface area contributed by atoms with Crippen molar-refractivity contribution in [3.05, 3.63) is 45.8 Å². The number of sulfonamides is 1. The van der Waals surface area contributed by atoms with Crippen molar-refractivity contribution in [3.63, 3.8) is 0 Å². The lowest BCUT2D eigenvalue weighted by molar-refractivity contribution is -0.936. The topological polar surface area (TPSA) is 97.2 Å².